The molecule has 0 unspecified atom stereocenters. The third-order valence-electron chi connectivity index (χ3n) is 10.7. The average Bonchev–Trinajstić information content (AvgIpc) is 3.79. The van der Waals surface area contributed by atoms with E-state index in [1.165, 1.54) is 77.3 Å². The highest BCUT2D eigenvalue weighted by Crippen LogP contribution is 2.49. The molecule has 2 aromatic heterocycles. The molecule has 0 amide bonds. The first-order valence-electron chi connectivity index (χ1n) is 17.1. The monoisotopic (exact) mass is 626 g/mol. The van der Waals surface area contributed by atoms with Gasteiger partial charge in [-0.2, -0.15) is 0 Å². The number of nitrogens with zero attached hydrogens (tertiary/aromatic N) is 2. The van der Waals surface area contributed by atoms with E-state index in [9.17, 15) is 0 Å². The average molecular weight is 627 g/mol. The Morgan fingerprint density at radius 3 is 1.90 bits per heavy atom. The highest BCUT2D eigenvalue weighted by atomic mass is 15.0. The third-order valence-corrected chi connectivity index (χ3v) is 10.7. The second-order valence-corrected chi connectivity index (χ2v) is 13.8. The van der Waals surface area contributed by atoms with E-state index in [0.717, 1.165) is 11.4 Å². The van der Waals surface area contributed by atoms with Crippen molar-refractivity contribution in [2.75, 3.05) is 0 Å². The van der Waals surface area contributed by atoms with E-state index in [4.69, 9.17) is 0 Å². The molecule has 2 heteroatoms. The molecule has 0 spiro atoms. The number of fused-ring (bicyclic) bond motifs is 8. The molecule has 9 aromatic rings. The SMILES string of the molecule is CC1(C)c2ccccc2-c2ccc(-c3cccc(-n4c5ccccc5c5ccc6c(cc(-c7ccccc7)n6-c6ccccc6)c54)c3)cc21. The van der Waals surface area contributed by atoms with Crippen molar-refractivity contribution in [3.05, 3.63) is 181 Å². The highest BCUT2D eigenvalue weighted by Gasteiger charge is 2.35. The molecule has 0 N–H and O–H groups in total. The van der Waals surface area contributed by atoms with Crippen LogP contribution in [0.1, 0.15) is 25.0 Å². The third kappa shape index (κ3) is 4.07. The number of rotatable bonds is 4. The second kappa shape index (κ2) is 10.4. The molecule has 2 nitrogen and oxygen atoms in total. The van der Waals surface area contributed by atoms with Crippen LogP contribution in [0.5, 0.6) is 0 Å². The van der Waals surface area contributed by atoms with Crippen molar-refractivity contribution in [1.29, 1.82) is 0 Å². The van der Waals surface area contributed by atoms with Gasteiger partial charge in [-0.25, -0.2) is 0 Å². The zero-order chi connectivity index (χ0) is 32.7. The molecule has 232 valence electrons. The van der Waals surface area contributed by atoms with Gasteiger partial charge in [0.1, 0.15) is 0 Å². The van der Waals surface area contributed by atoms with Gasteiger partial charge in [-0.3, -0.25) is 0 Å². The van der Waals surface area contributed by atoms with Gasteiger partial charge in [0.05, 0.1) is 22.2 Å². The molecule has 0 aliphatic heterocycles. The van der Waals surface area contributed by atoms with Crippen molar-refractivity contribution < 1.29 is 0 Å². The van der Waals surface area contributed by atoms with Crippen LogP contribution in [-0.4, -0.2) is 9.13 Å². The van der Waals surface area contributed by atoms with Gasteiger partial charge in [0.25, 0.3) is 0 Å². The van der Waals surface area contributed by atoms with Crippen LogP contribution in [0.15, 0.2) is 170 Å². The standard InChI is InChI=1S/C47H34N2/c1-47(2)41-22-11-9-20-36(41)37-25-24-33(29-42(37)47)32-16-13-19-35(28-32)49-43-23-12-10-21-38(43)39-26-27-44-40(46(39)49)30-45(31-14-5-3-6-15-31)48(44)34-17-7-4-8-18-34/h3-30H,1-2H3. The Balaban J connectivity index is 1.22. The maximum Gasteiger partial charge on any atom is 0.0635 e. The fraction of sp³-hybridized carbons (Fsp3) is 0.0638. The Bertz CT molecular complexity index is 2720. The molecule has 1 aliphatic rings. The summed E-state index contributed by atoms with van der Waals surface area (Å²) in [6.45, 7) is 4.71. The number of hydrogen-bond acceptors (Lipinski definition) is 0. The molecule has 7 aromatic carbocycles. The van der Waals surface area contributed by atoms with Crippen LogP contribution in [0.25, 0.3) is 77.6 Å². The van der Waals surface area contributed by atoms with E-state index in [1.54, 1.807) is 0 Å². The van der Waals surface area contributed by atoms with Crippen molar-refractivity contribution >= 4 is 32.7 Å². The van der Waals surface area contributed by atoms with Gasteiger partial charge < -0.3 is 9.13 Å². The summed E-state index contributed by atoms with van der Waals surface area (Å²) in [4.78, 5) is 0. The van der Waals surface area contributed by atoms with E-state index < -0.39 is 0 Å². The maximum absolute atomic E-state index is 2.48. The Morgan fingerprint density at radius 1 is 0.388 bits per heavy atom. The predicted molar refractivity (Wildman–Crippen MR) is 206 cm³/mol. The van der Waals surface area contributed by atoms with Crippen LogP contribution in [0.4, 0.5) is 0 Å². The van der Waals surface area contributed by atoms with Crippen LogP contribution >= 0.6 is 0 Å². The molecule has 49 heavy (non-hydrogen) atoms. The number of aromatic nitrogens is 2. The molecule has 1 aliphatic carbocycles. The van der Waals surface area contributed by atoms with Crippen molar-refractivity contribution in [3.8, 4) is 44.9 Å². The van der Waals surface area contributed by atoms with Gasteiger partial charge in [-0.1, -0.05) is 135 Å². The summed E-state index contributed by atoms with van der Waals surface area (Å²) < 4.78 is 4.89. The van der Waals surface area contributed by atoms with Crippen LogP contribution in [0.3, 0.4) is 0 Å². The summed E-state index contributed by atoms with van der Waals surface area (Å²) in [7, 11) is 0. The zero-order valence-corrected chi connectivity index (χ0v) is 27.6. The van der Waals surface area contributed by atoms with Crippen LogP contribution in [0.2, 0.25) is 0 Å². The highest BCUT2D eigenvalue weighted by molar-refractivity contribution is 6.19. The maximum atomic E-state index is 2.48. The first-order chi connectivity index (χ1) is 24.1. The normalized spacial score (nSPS) is 13.3. The molecule has 0 bridgehead atoms. The van der Waals surface area contributed by atoms with Crippen molar-refractivity contribution in [1.82, 2.24) is 9.13 Å². The lowest BCUT2D eigenvalue weighted by Crippen LogP contribution is -2.14. The second-order valence-electron chi connectivity index (χ2n) is 13.8. The largest absolute Gasteiger partial charge is 0.309 e. The first-order valence-corrected chi connectivity index (χ1v) is 17.1. The van der Waals surface area contributed by atoms with Gasteiger partial charge in [0, 0.05) is 32.9 Å². The lowest BCUT2D eigenvalue weighted by molar-refractivity contribution is 0.660. The number of hydrogen-bond donors (Lipinski definition) is 0. The molecule has 0 fully saturated rings. The summed E-state index contributed by atoms with van der Waals surface area (Å²) in [5, 5.41) is 3.75. The zero-order valence-electron chi connectivity index (χ0n) is 27.6. The molecule has 0 saturated carbocycles. The van der Waals surface area contributed by atoms with E-state index in [2.05, 4.69) is 193 Å². The van der Waals surface area contributed by atoms with Gasteiger partial charge >= 0.3 is 0 Å². The van der Waals surface area contributed by atoms with Crippen LogP contribution in [0, 0.1) is 0 Å². The lowest BCUT2D eigenvalue weighted by Gasteiger charge is -2.22. The quantitative estimate of drug-likeness (QED) is 0.184. The Kier molecular flexibility index (Phi) is 5.95. The van der Waals surface area contributed by atoms with Gasteiger partial charge in [0.2, 0.25) is 0 Å². The lowest BCUT2D eigenvalue weighted by atomic mass is 9.81. The first kappa shape index (κ1) is 27.9. The van der Waals surface area contributed by atoms with E-state index >= 15 is 0 Å². The summed E-state index contributed by atoms with van der Waals surface area (Å²) in [5.74, 6) is 0. The Hall–Kier alpha value is -6.12. The molecule has 2 heterocycles. The Morgan fingerprint density at radius 2 is 1.04 bits per heavy atom. The molecule has 0 saturated heterocycles. The van der Waals surface area contributed by atoms with Gasteiger partial charge in [0.15, 0.2) is 0 Å². The van der Waals surface area contributed by atoms with Crippen molar-refractivity contribution in [2.45, 2.75) is 19.3 Å². The molecule has 0 radical (unpaired) electrons. The Labute approximate surface area is 286 Å². The minimum Gasteiger partial charge on any atom is -0.309 e. The van der Waals surface area contributed by atoms with E-state index in [1.807, 2.05) is 0 Å². The van der Waals surface area contributed by atoms with Gasteiger partial charge in [-0.05, 0) is 87.5 Å². The number of benzene rings is 7. The van der Waals surface area contributed by atoms with Gasteiger partial charge in [-0.15, -0.1) is 0 Å². The summed E-state index contributed by atoms with van der Waals surface area (Å²) in [5.41, 5.74) is 16.3. The molecule has 0 atom stereocenters. The molecular weight excluding hydrogens is 593 g/mol. The van der Waals surface area contributed by atoms with Crippen molar-refractivity contribution in [2.24, 2.45) is 0 Å². The van der Waals surface area contributed by atoms with E-state index in [-0.39, 0.29) is 5.41 Å². The smallest absolute Gasteiger partial charge is 0.0635 e. The minimum absolute atomic E-state index is 0.0413. The van der Waals surface area contributed by atoms with Crippen LogP contribution < -0.4 is 0 Å². The fourth-order valence-corrected chi connectivity index (χ4v) is 8.39. The minimum atomic E-state index is -0.0413. The predicted octanol–water partition coefficient (Wildman–Crippen LogP) is 12.4. The topological polar surface area (TPSA) is 9.86 Å². The number of para-hydroxylation sites is 2. The fourth-order valence-electron chi connectivity index (χ4n) is 8.39. The van der Waals surface area contributed by atoms with E-state index in [0.29, 0.717) is 0 Å². The summed E-state index contributed by atoms with van der Waals surface area (Å²) >= 11 is 0. The summed E-state index contributed by atoms with van der Waals surface area (Å²) in [6, 6.07) is 62.3. The molecule has 10 rings (SSSR count). The molecular formula is C47H34N2. The summed E-state index contributed by atoms with van der Waals surface area (Å²) in [6.07, 6.45) is 0. The van der Waals surface area contributed by atoms with Crippen molar-refractivity contribution in [3.63, 3.8) is 0 Å². The van der Waals surface area contributed by atoms with Crippen LogP contribution in [-0.2, 0) is 5.41 Å².